The van der Waals surface area contributed by atoms with E-state index in [1.165, 1.54) is 0 Å². The van der Waals surface area contributed by atoms with Crippen LogP contribution in [-0.4, -0.2) is 15.8 Å². The van der Waals surface area contributed by atoms with Gasteiger partial charge in [0.05, 0.1) is 12.5 Å². The van der Waals surface area contributed by atoms with E-state index < -0.39 is 0 Å². The summed E-state index contributed by atoms with van der Waals surface area (Å²) < 4.78 is 1.86. The SMILES string of the molecule is CC(C)Cn1cncc1C=O. The first-order chi connectivity index (χ1) is 5.24. The van der Waals surface area contributed by atoms with E-state index in [1.807, 2.05) is 4.57 Å². The van der Waals surface area contributed by atoms with Gasteiger partial charge in [-0.05, 0) is 5.92 Å². The van der Waals surface area contributed by atoms with Gasteiger partial charge in [-0.3, -0.25) is 4.79 Å². The van der Waals surface area contributed by atoms with Crippen LogP contribution in [0.4, 0.5) is 0 Å². The number of carbonyl (C=O) groups is 1. The van der Waals surface area contributed by atoms with E-state index >= 15 is 0 Å². The molecule has 0 aliphatic rings. The van der Waals surface area contributed by atoms with Gasteiger partial charge in [0, 0.05) is 6.54 Å². The zero-order chi connectivity index (χ0) is 8.27. The first-order valence-corrected chi connectivity index (χ1v) is 3.69. The highest BCUT2D eigenvalue weighted by Crippen LogP contribution is 2.01. The Kier molecular flexibility index (Phi) is 2.41. The monoisotopic (exact) mass is 152 g/mol. The molecule has 0 aliphatic carbocycles. The minimum Gasteiger partial charge on any atom is -0.328 e. The van der Waals surface area contributed by atoms with Gasteiger partial charge in [0.25, 0.3) is 0 Å². The maximum Gasteiger partial charge on any atom is 0.168 e. The Morgan fingerprint density at radius 3 is 3.00 bits per heavy atom. The molecular weight excluding hydrogens is 140 g/mol. The van der Waals surface area contributed by atoms with Crippen molar-refractivity contribution < 1.29 is 4.79 Å². The van der Waals surface area contributed by atoms with Crippen molar-refractivity contribution in [1.82, 2.24) is 9.55 Å². The summed E-state index contributed by atoms with van der Waals surface area (Å²) in [6.45, 7) is 5.07. The van der Waals surface area contributed by atoms with Crippen molar-refractivity contribution in [1.29, 1.82) is 0 Å². The van der Waals surface area contributed by atoms with Crippen molar-refractivity contribution in [2.24, 2.45) is 5.92 Å². The fourth-order valence-electron chi connectivity index (χ4n) is 0.975. The van der Waals surface area contributed by atoms with Crippen molar-refractivity contribution in [3.63, 3.8) is 0 Å². The molecule has 11 heavy (non-hydrogen) atoms. The highest BCUT2D eigenvalue weighted by atomic mass is 16.1. The fraction of sp³-hybridized carbons (Fsp3) is 0.500. The number of nitrogens with zero attached hydrogens (tertiary/aromatic N) is 2. The lowest BCUT2D eigenvalue weighted by atomic mass is 10.2. The minimum absolute atomic E-state index is 0.544. The van der Waals surface area contributed by atoms with Crippen LogP contribution in [0, 0.1) is 5.92 Å². The Labute approximate surface area is 66.1 Å². The third-order valence-corrected chi connectivity index (χ3v) is 1.43. The Balaban J connectivity index is 2.76. The van der Waals surface area contributed by atoms with Crippen LogP contribution in [0.5, 0.6) is 0 Å². The van der Waals surface area contributed by atoms with E-state index in [1.54, 1.807) is 12.5 Å². The van der Waals surface area contributed by atoms with Gasteiger partial charge in [0.1, 0.15) is 5.69 Å². The minimum atomic E-state index is 0.544. The molecule has 0 N–H and O–H groups in total. The van der Waals surface area contributed by atoms with Crippen LogP contribution in [0.25, 0.3) is 0 Å². The number of rotatable bonds is 3. The molecule has 0 aliphatic heterocycles. The van der Waals surface area contributed by atoms with Crippen molar-refractivity contribution in [2.45, 2.75) is 20.4 Å². The molecule has 0 unspecified atom stereocenters. The molecule has 0 aromatic carbocycles. The lowest BCUT2D eigenvalue weighted by Crippen LogP contribution is -2.05. The molecule has 1 rings (SSSR count). The lowest BCUT2D eigenvalue weighted by Gasteiger charge is -2.06. The molecular formula is C8H12N2O. The van der Waals surface area contributed by atoms with Crippen LogP contribution in [-0.2, 0) is 6.54 Å². The van der Waals surface area contributed by atoms with Gasteiger partial charge in [0.15, 0.2) is 6.29 Å². The second-order valence-corrected chi connectivity index (χ2v) is 2.98. The van der Waals surface area contributed by atoms with Gasteiger partial charge >= 0.3 is 0 Å². The van der Waals surface area contributed by atoms with Crippen LogP contribution in [0.2, 0.25) is 0 Å². The number of aromatic nitrogens is 2. The summed E-state index contributed by atoms with van der Waals surface area (Å²) in [6.07, 6.45) is 4.09. The number of carbonyl (C=O) groups excluding carboxylic acids is 1. The summed E-state index contributed by atoms with van der Waals surface area (Å²) in [5, 5.41) is 0. The molecule has 60 valence electrons. The smallest absolute Gasteiger partial charge is 0.168 e. The molecule has 0 amide bonds. The Morgan fingerprint density at radius 1 is 1.73 bits per heavy atom. The third kappa shape index (κ3) is 1.90. The molecule has 3 nitrogen and oxygen atoms in total. The quantitative estimate of drug-likeness (QED) is 0.613. The molecule has 0 fully saturated rings. The summed E-state index contributed by atoms with van der Waals surface area (Å²) in [7, 11) is 0. The van der Waals surface area contributed by atoms with E-state index in [4.69, 9.17) is 0 Å². The van der Waals surface area contributed by atoms with Crippen molar-refractivity contribution in [2.75, 3.05) is 0 Å². The first-order valence-electron chi connectivity index (χ1n) is 3.69. The predicted octanol–water partition coefficient (Wildman–Crippen LogP) is 1.35. The Morgan fingerprint density at radius 2 is 2.45 bits per heavy atom. The van der Waals surface area contributed by atoms with Gasteiger partial charge in [-0.15, -0.1) is 0 Å². The van der Waals surface area contributed by atoms with E-state index in [2.05, 4.69) is 18.8 Å². The highest BCUT2D eigenvalue weighted by molar-refractivity contribution is 5.71. The van der Waals surface area contributed by atoms with Gasteiger partial charge < -0.3 is 4.57 Å². The van der Waals surface area contributed by atoms with E-state index in [-0.39, 0.29) is 0 Å². The number of aldehydes is 1. The van der Waals surface area contributed by atoms with Crippen molar-refractivity contribution in [3.8, 4) is 0 Å². The molecule has 1 aromatic rings. The number of hydrogen-bond donors (Lipinski definition) is 0. The van der Waals surface area contributed by atoms with E-state index in [9.17, 15) is 4.79 Å². The van der Waals surface area contributed by atoms with Gasteiger partial charge in [0.2, 0.25) is 0 Å². The molecule has 3 heteroatoms. The first kappa shape index (κ1) is 7.98. The second kappa shape index (κ2) is 3.32. The number of hydrogen-bond acceptors (Lipinski definition) is 2. The highest BCUT2D eigenvalue weighted by Gasteiger charge is 2.01. The van der Waals surface area contributed by atoms with Gasteiger partial charge in [-0.1, -0.05) is 13.8 Å². The summed E-state index contributed by atoms with van der Waals surface area (Å²) in [5.41, 5.74) is 0.652. The summed E-state index contributed by atoms with van der Waals surface area (Å²) in [6, 6.07) is 0. The fourth-order valence-corrected chi connectivity index (χ4v) is 0.975. The Bertz CT molecular complexity index is 240. The zero-order valence-electron chi connectivity index (χ0n) is 6.82. The third-order valence-electron chi connectivity index (χ3n) is 1.43. The zero-order valence-corrected chi connectivity index (χ0v) is 6.82. The summed E-state index contributed by atoms with van der Waals surface area (Å²) in [5.74, 6) is 0.544. The van der Waals surface area contributed by atoms with Gasteiger partial charge in [-0.25, -0.2) is 4.98 Å². The molecule has 0 saturated carbocycles. The number of imidazole rings is 1. The molecule has 0 bridgehead atoms. The van der Waals surface area contributed by atoms with Crippen LogP contribution in [0.15, 0.2) is 12.5 Å². The van der Waals surface area contributed by atoms with E-state index in [0.717, 1.165) is 12.8 Å². The molecule has 1 heterocycles. The van der Waals surface area contributed by atoms with Crippen LogP contribution in [0.3, 0.4) is 0 Å². The predicted molar refractivity (Wildman–Crippen MR) is 42.5 cm³/mol. The Hall–Kier alpha value is -1.12. The lowest BCUT2D eigenvalue weighted by molar-refractivity contribution is 0.111. The largest absolute Gasteiger partial charge is 0.328 e. The summed E-state index contributed by atoms with van der Waals surface area (Å²) in [4.78, 5) is 14.3. The summed E-state index contributed by atoms with van der Waals surface area (Å²) >= 11 is 0. The van der Waals surface area contributed by atoms with E-state index in [0.29, 0.717) is 11.6 Å². The van der Waals surface area contributed by atoms with Crippen LogP contribution < -0.4 is 0 Å². The van der Waals surface area contributed by atoms with Crippen molar-refractivity contribution in [3.05, 3.63) is 18.2 Å². The molecule has 0 spiro atoms. The topological polar surface area (TPSA) is 34.9 Å². The maximum atomic E-state index is 10.4. The molecule has 0 radical (unpaired) electrons. The second-order valence-electron chi connectivity index (χ2n) is 2.98. The molecule has 0 saturated heterocycles. The molecule has 0 atom stereocenters. The van der Waals surface area contributed by atoms with Gasteiger partial charge in [-0.2, -0.15) is 0 Å². The van der Waals surface area contributed by atoms with Crippen LogP contribution in [0.1, 0.15) is 24.3 Å². The average Bonchev–Trinajstić information content (AvgIpc) is 2.34. The van der Waals surface area contributed by atoms with Crippen molar-refractivity contribution >= 4 is 6.29 Å². The van der Waals surface area contributed by atoms with Crippen LogP contribution >= 0.6 is 0 Å². The standard InChI is InChI=1S/C8H12N2O/c1-7(2)4-10-6-9-3-8(10)5-11/h3,5-7H,4H2,1-2H3. The molecule has 1 aromatic heterocycles. The normalized spacial score (nSPS) is 10.5. The average molecular weight is 152 g/mol. The maximum absolute atomic E-state index is 10.4.